The molecule has 0 N–H and O–H groups in total. The van der Waals surface area contributed by atoms with Crippen molar-refractivity contribution in [1.29, 1.82) is 0 Å². The molecule has 0 amide bonds. The summed E-state index contributed by atoms with van der Waals surface area (Å²) in [5, 5.41) is 0.483. The number of nitrogens with zero attached hydrogens (tertiary/aromatic N) is 2. The van der Waals surface area contributed by atoms with Crippen LogP contribution >= 0.6 is 27.5 Å². The maximum absolute atomic E-state index is 6.25. The number of aromatic nitrogens is 2. The summed E-state index contributed by atoms with van der Waals surface area (Å²) < 4.78 is 6.51. The average Bonchev–Trinajstić information content (AvgIpc) is 2.44. The highest BCUT2D eigenvalue weighted by Gasteiger charge is 2.28. The summed E-state index contributed by atoms with van der Waals surface area (Å²) in [6.45, 7) is 4.21. The highest BCUT2D eigenvalue weighted by Crippen LogP contribution is 2.37. The van der Waals surface area contributed by atoms with Crippen LogP contribution in [0.2, 0.25) is 5.15 Å². The van der Waals surface area contributed by atoms with Crippen molar-refractivity contribution in [2.45, 2.75) is 58.0 Å². The van der Waals surface area contributed by atoms with Crippen LogP contribution in [0, 0.1) is 5.92 Å². The van der Waals surface area contributed by atoms with Crippen LogP contribution in [0.5, 0.6) is 0 Å². The van der Waals surface area contributed by atoms with Gasteiger partial charge < -0.3 is 4.74 Å². The minimum absolute atomic E-state index is 0.0431. The van der Waals surface area contributed by atoms with Gasteiger partial charge in [-0.15, -0.1) is 0 Å². The summed E-state index contributed by atoms with van der Waals surface area (Å²) in [6, 6.07) is 0. The van der Waals surface area contributed by atoms with Crippen LogP contribution in [0.3, 0.4) is 0 Å². The molecule has 3 nitrogen and oxygen atoms in total. The first-order valence-corrected chi connectivity index (χ1v) is 8.47. The molecule has 0 radical (unpaired) electrons. The largest absolute Gasteiger partial charge is 0.373 e. The smallest absolute Gasteiger partial charge is 0.159 e. The van der Waals surface area contributed by atoms with Crippen LogP contribution in [0.25, 0.3) is 0 Å². The third-order valence-electron chi connectivity index (χ3n) is 3.99. The third-order valence-corrected chi connectivity index (χ3v) is 5.27. The van der Waals surface area contributed by atoms with Gasteiger partial charge in [0.1, 0.15) is 11.3 Å². The Morgan fingerprint density at radius 3 is 2.40 bits per heavy atom. The van der Waals surface area contributed by atoms with Crippen LogP contribution in [-0.2, 0) is 4.74 Å². The zero-order valence-electron chi connectivity index (χ0n) is 12.3. The lowest BCUT2D eigenvalue weighted by atomic mass is 9.85. The lowest BCUT2D eigenvalue weighted by Gasteiger charge is -2.28. The van der Waals surface area contributed by atoms with Gasteiger partial charge in [-0.2, -0.15) is 0 Å². The summed E-state index contributed by atoms with van der Waals surface area (Å²) in [5.74, 6) is 1.54. The predicted octanol–water partition coefficient (Wildman–Crippen LogP) is 5.28. The van der Waals surface area contributed by atoms with Crippen molar-refractivity contribution < 1.29 is 4.74 Å². The van der Waals surface area contributed by atoms with Crippen molar-refractivity contribution in [1.82, 2.24) is 9.97 Å². The highest BCUT2D eigenvalue weighted by atomic mass is 79.9. The Kier molecular flexibility index (Phi) is 5.82. The predicted molar refractivity (Wildman–Crippen MR) is 85.2 cm³/mol. The Bertz CT molecular complexity index is 461. The molecule has 1 unspecified atom stereocenters. The molecule has 1 fully saturated rings. The molecule has 5 heteroatoms. The number of halogens is 2. The molecule has 1 aromatic rings. The summed E-state index contributed by atoms with van der Waals surface area (Å²) in [7, 11) is 1.74. The third kappa shape index (κ3) is 3.52. The van der Waals surface area contributed by atoms with Crippen LogP contribution in [0.15, 0.2) is 4.47 Å². The minimum atomic E-state index is -0.0431. The molecule has 0 saturated heterocycles. The van der Waals surface area contributed by atoms with E-state index in [-0.39, 0.29) is 6.10 Å². The molecule has 1 atom stereocenters. The SMILES string of the molecule is COC(c1nc(Cl)c(Br)c(C(C)C)n1)C1CCCCC1. The van der Waals surface area contributed by atoms with Gasteiger partial charge in [0.25, 0.3) is 0 Å². The van der Waals surface area contributed by atoms with Gasteiger partial charge in [0.2, 0.25) is 0 Å². The monoisotopic (exact) mass is 360 g/mol. The fourth-order valence-corrected chi connectivity index (χ4v) is 3.73. The van der Waals surface area contributed by atoms with Gasteiger partial charge in [0.15, 0.2) is 5.82 Å². The number of methoxy groups -OCH3 is 1. The molecule has 0 aliphatic heterocycles. The van der Waals surface area contributed by atoms with E-state index in [2.05, 4.69) is 34.8 Å². The van der Waals surface area contributed by atoms with Gasteiger partial charge in [0, 0.05) is 7.11 Å². The maximum atomic E-state index is 6.25. The normalized spacial score (nSPS) is 18.5. The van der Waals surface area contributed by atoms with Gasteiger partial charge in [-0.1, -0.05) is 44.7 Å². The van der Waals surface area contributed by atoms with Crippen molar-refractivity contribution in [2.24, 2.45) is 5.92 Å². The van der Waals surface area contributed by atoms with E-state index < -0.39 is 0 Å². The van der Waals surface area contributed by atoms with E-state index >= 15 is 0 Å². The van der Waals surface area contributed by atoms with Crippen LogP contribution in [0.4, 0.5) is 0 Å². The van der Waals surface area contributed by atoms with E-state index in [9.17, 15) is 0 Å². The van der Waals surface area contributed by atoms with Crippen LogP contribution < -0.4 is 0 Å². The Morgan fingerprint density at radius 1 is 1.20 bits per heavy atom. The second-order valence-corrected chi connectivity index (χ2v) is 6.93. The Labute approximate surface area is 134 Å². The van der Waals surface area contributed by atoms with E-state index in [1.165, 1.54) is 32.1 Å². The molecule has 0 bridgehead atoms. The molecule has 112 valence electrons. The van der Waals surface area contributed by atoms with Crippen molar-refractivity contribution in [3.05, 3.63) is 21.1 Å². The molecule has 1 aliphatic rings. The molecule has 0 aromatic carbocycles. The lowest BCUT2D eigenvalue weighted by molar-refractivity contribution is 0.0287. The lowest BCUT2D eigenvalue weighted by Crippen LogP contribution is -2.21. The Balaban J connectivity index is 2.33. The zero-order valence-corrected chi connectivity index (χ0v) is 14.7. The number of hydrogen-bond donors (Lipinski definition) is 0. The Hall–Kier alpha value is -0.190. The van der Waals surface area contributed by atoms with E-state index in [0.29, 0.717) is 17.0 Å². The van der Waals surface area contributed by atoms with Gasteiger partial charge in [-0.05, 0) is 40.6 Å². The zero-order chi connectivity index (χ0) is 14.7. The molecular formula is C15H22BrClN2O. The standard InChI is InChI=1S/C15H22BrClN2O/c1-9(2)12-11(16)14(17)19-15(18-12)13(20-3)10-7-5-4-6-8-10/h9-10,13H,4-8H2,1-3H3. The van der Waals surface area contributed by atoms with Gasteiger partial charge in [-0.25, -0.2) is 9.97 Å². The number of hydrogen-bond acceptors (Lipinski definition) is 3. The molecule has 1 saturated carbocycles. The quantitative estimate of drug-likeness (QED) is 0.684. The molecule has 1 heterocycles. The molecule has 1 aliphatic carbocycles. The van der Waals surface area contributed by atoms with E-state index in [4.69, 9.17) is 21.3 Å². The number of rotatable bonds is 4. The van der Waals surface area contributed by atoms with Crippen LogP contribution in [0.1, 0.15) is 69.5 Å². The van der Waals surface area contributed by atoms with E-state index in [1.54, 1.807) is 7.11 Å². The first kappa shape index (κ1) is 16.2. The van der Waals surface area contributed by atoms with Crippen molar-refractivity contribution in [2.75, 3.05) is 7.11 Å². The number of ether oxygens (including phenoxy) is 1. The van der Waals surface area contributed by atoms with Crippen molar-refractivity contribution in [3.63, 3.8) is 0 Å². The Morgan fingerprint density at radius 2 is 1.85 bits per heavy atom. The van der Waals surface area contributed by atoms with Crippen molar-refractivity contribution >= 4 is 27.5 Å². The summed E-state index contributed by atoms with van der Waals surface area (Å²) >= 11 is 9.73. The molecular weight excluding hydrogens is 340 g/mol. The van der Waals surface area contributed by atoms with E-state index in [0.717, 1.165) is 16.0 Å². The summed E-state index contributed by atoms with van der Waals surface area (Å²) in [4.78, 5) is 9.16. The minimum Gasteiger partial charge on any atom is -0.373 e. The highest BCUT2D eigenvalue weighted by molar-refractivity contribution is 9.10. The molecule has 20 heavy (non-hydrogen) atoms. The van der Waals surface area contributed by atoms with E-state index in [1.807, 2.05) is 0 Å². The topological polar surface area (TPSA) is 35.0 Å². The second-order valence-electron chi connectivity index (χ2n) is 5.78. The fourth-order valence-electron chi connectivity index (χ4n) is 2.91. The summed E-state index contributed by atoms with van der Waals surface area (Å²) in [5.41, 5.74) is 0.956. The van der Waals surface area contributed by atoms with Gasteiger partial charge in [-0.3, -0.25) is 0 Å². The molecule has 0 spiro atoms. The maximum Gasteiger partial charge on any atom is 0.159 e. The van der Waals surface area contributed by atoms with Crippen LogP contribution in [-0.4, -0.2) is 17.1 Å². The second kappa shape index (κ2) is 7.19. The molecule has 2 rings (SSSR count). The van der Waals surface area contributed by atoms with Gasteiger partial charge in [0.05, 0.1) is 10.2 Å². The first-order valence-electron chi connectivity index (χ1n) is 7.30. The first-order chi connectivity index (χ1) is 9.54. The average molecular weight is 362 g/mol. The molecule has 1 aromatic heterocycles. The summed E-state index contributed by atoms with van der Waals surface area (Å²) in [6.07, 6.45) is 6.20. The van der Waals surface area contributed by atoms with Crippen molar-refractivity contribution in [3.8, 4) is 0 Å². The fraction of sp³-hybridized carbons (Fsp3) is 0.733. The van der Waals surface area contributed by atoms with Gasteiger partial charge >= 0.3 is 0 Å².